The molecule has 0 aliphatic carbocycles. The van der Waals surface area contributed by atoms with E-state index in [9.17, 15) is 5.26 Å². The van der Waals surface area contributed by atoms with Crippen LogP contribution in [0.2, 0.25) is 0 Å². The molecule has 2 aromatic carbocycles. The van der Waals surface area contributed by atoms with E-state index in [2.05, 4.69) is 35.7 Å². The Balaban J connectivity index is 1.77. The van der Waals surface area contributed by atoms with Crippen LogP contribution in [0.15, 0.2) is 60.7 Å². The number of hydrogen-bond donors (Lipinski definition) is 1. The second-order valence-electron chi connectivity index (χ2n) is 4.53. The lowest BCUT2D eigenvalue weighted by Gasteiger charge is -2.10. The standard InChI is InChI=1S/C17H18N2/c18-13-17(16-9-5-2-6-10-16)14-19-12-11-15-7-3-1-4-8-15/h1-10,17,19H,11-12,14H2. The van der Waals surface area contributed by atoms with Gasteiger partial charge in [0, 0.05) is 6.54 Å². The quantitative estimate of drug-likeness (QED) is 0.799. The van der Waals surface area contributed by atoms with E-state index in [1.807, 2.05) is 36.4 Å². The molecular weight excluding hydrogens is 232 g/mol. The molecule has 0 bridgehead atoms. The fourth-order valence-corrected chi connectivity index (χ4v) is 2.05. The van der Waals surface area contributed by atoms with E-state index in [1.54, 1.807) is 0 Å². The molecule has 1 atom stereocenters. The van der Waals surface area contributed by atoms with Gasteiger partial charge < -0.3 is 5.32 Å². The van der Waals surface area contributed by atoms with E-state index in [-0.39, 0.29) is 5.92 Å². The van der Waals surface area contributed by atoms with Crippen LogP contribution >= 0.6 is 0 Å². The summed E-state index contributed by atoms with van der Waals surface area (Å²) in [6.45, 7) is 1.60. The van der Waals surface area contributed by atoms with E-state index in [0.717, 1.165) is 18.5 Å². The van der Waals surface area contributed by atoms with Crippen molar-refractivity contribution in [1.82, 2.24) is 5.32 Å². The third-order valence-electron chi connectivity index (χ3n) is 3.14. The van der Waals surface area contributed by atoms with Crippen LogP contribution in [0, 0.1) is 11.3 Å². The molecule has 19 heavy (non-hydrogen) atoms. The van der Waals surface area contributed by atoms with E-state index in [0.29, 0.717) is 6.54 Å². The molecule has 0 amide bonds. The average Bonchev–Trinajstić information content (AvgIpc) is 2.49. The van der Waals surface area contributed by atoms with Gasteiger partial charge in [-0.25, -0.2) is 0 Å². The number of nitrogens with one attached hydrogen (secondary N) is 1. The molecule has 0 aliphatic rings. The smallest absolute Gasteiger partial charge is 0.0837 e. The third-order valence-corrected chi connectivity index (χ3v) is 3.14. The van der Waals surface area contributed by atoms with E-state index >= 15 is 0 Å². The molecule has 1 unspecified atom stereocenters. The summed E-state index contributed by atoms with van der Waals surface area (Å²) in [5.74, 6) is -0.0722. The van der Waals surface area contributed by atoms with Gasteiger partial charge in [-0.2, -0.15) is 5.26 Å². The molecule has 0 heterocycles. The molecule has 2 aromatic rings. The van der Waals surface area contributed by atoms with Gasteiger partial charge in [-0.3, -0.25) is 0 Å². The second-order valence-corrected chi connectivity index (χ2v) is 4.53. The highest BCUT2D eigenvalue weighted by atomic mass is 14.9. The number of nitrogens with zero attached hydrogens (tertiary/aromatic N) is 1. The average molecular weight is 250 g/mol. The third kappa shape index (κ3) is 4.24. The van der Waals surface area contributed by atoms with Crippen LogP contribution in [0.3, 0.4) is 0 Å². The summed E-state index contributed by atoms with van der Waals surface area (Å²) >= 11 is 0. The van der Waals surface area contributed by atoms with Crippen molar-refractivity contribution in [1.29, 1.82) is 5.26 Å². The molecule has 0 aliphatic heterocycles. The van der Waals surface area contributed by atoms with Gasteiger partial charge in [0.1, 0.15) is 0 Å². The number of benzene rings is 2. The first kappa shape index (κ1) is 13.3. The molecule has 0 fully saturated rings. The Labute approximate surface area is 114 Å². The minimum atomic E-state index is -0.0722. The van der Waals surface area contributed by atoms with E-state index in [1.165, 1.54) is 5.56 Å². The van der Waals surface area contributed by atoms with Crippen LogP contribution in [0.1, 0.15) is 17.0 Å². The first-order valence-electron chi connectivity index (χ1n) is 6.59. The molecule has 0 saturated heterocycles. The summed E-state index contributed by atoms with van der Waals surface area (Å²) in [5, 5.41) is 12.6. The number of nitriles is 1. The van der Waals surface area contributed by atoms with Crippen molar-refractivity contribution in [3.05, 3.63) is 71.8 Å². The van der Waals surface area contributed by atoms with Crippen LogP contribution in [-0.4, -0.2) is 13.1 Å². The fourth-order valence-electron chi connectivity index (χ4n) is 2.05. The highest BCUT2D eigenvalue weighted by Crippen LogP contribution is 2.13. The van der Waals surface area contributed by atoms with Crippen LogP contribution in [-0.2, 0) is 6.42 Å². The second kappa shape index (κ2) is 7.35. The first-order valence-corrected chi connectivity index (χ1v) is 6.59. The first-order chi connectivity index (χ1) is 9.40. The van der Waals surface area contributed by atoms with Crippen LogP contribution in [0.4, 0.5) is 0 Å². The Morgan fingerprint density at radius 2 is 1.58 bits per heavy atom. The molecule has 0 radical (unpaired) electrons. The summed E-state index contributed by atoms with van der Waals surface area (Å²) in [6, 6.07) is 22.7. The van der Waals surface area contributed by atoms with Crippen molar-refractivity contribution in [3.63, 3.8) is 0 Å². The Morgan fingerprint density at radius 3 is 2.21 bits per heavy atom. The zero-order chi connectivity index (χ0) is 13.3. The van der Waals surface area contributed by atoms with Crippen LogP contribution in [0.5, 0.6) is 0 Å². The molecule has 0 spiro atoms. The fraction of sp³-hybridized carbons (Fsp3) is 0.235. The van der Waals surface area contributed by atoms with Gasteiger partial charge in [0.25, 0.3) is 0 Å². The normalized spacial score (nSPS) is 11.7. The minimum absolute atomic E-state index is 0.0722. The molecular formula is C17H18N2. The Morgan fingerprint density at radius 1 is 0.947 bits per heavy atom. The minimum Gasteiger partial charge on any atom is -0.315 e. The molecule has 2 rings (SSSR count). The largest absolute Gasteiger partial charge is 0.315 e. The molecule has 2 nitrogen and oxygen atoms in total. The van der Waals surface area contributed by atoms with Crippen LogP contribution in [0.25, 0.3) is 0 Å². The summed E-state index contributed by atoms with van der Waals surface area (Å²) in [5.41, 5.74) is 2.40. The summed E-state index contributed by atoms with van der Waals surface area (Å²) in [6.07, 6.45) is 0.994. The van der Waals surface area contributed by atoms with Crippen molar-refractivity contribution in [3.8, 4) is 6.07 Å². The van der Waals surface area contributed by atoms with Gasteiger partial charge in [-0.1, -0.05) is 60.7 Å². The van der Waals surface area contributed by atoms with Crippen molar-refractivity contribution >= 4 is 0 Å². The topological polar surface area (TPSA) is 35.8 Å². The predicted molar refractivity (Wildman–Crippen MR) is 77.8 cm³/mol. The highest BCUT2D eigenvalue weighted by molar-refractivity contribution is 5.25. The van der Waals surface area contributed by atoms with Crippen molar-refractivity contribution in [2.75, 3.05) is 13.1 Å². The Kier molecular flexibility index (Phi) is 5.16. The maximum Gasteiger partial charge on any atom is 0.0837 e. The van der Waals surface area contributed by atoms with E-state index < -0.39 is 0 Å². The van der Waals surface area contributed by atoms with Gasteiger partial charge >= 0.3 is 0 Å². The molecule has 0 saturated carbocycles. The monoisotopic (exact) mass is 250 g/mol. The summed E-state index contributed by atoms with van der Waals surface area (Å²) in [4.78, 5) is 0. The number of hydrogen-bond acceptors (Lipinski definition) is 2. The Bertz CT molecular complexity index is 514. The number of rotatable bonds is 6. The lowest BCUT2D eigenvalue weighted by atomic mass is 10.0. The summed E-state index contributed by atoms with van der Waals surface area (Å²) < 4.78 is 0. The van der Waals surface area contributed by atoms with Gasteiger partial charge in [-0.15, -0.1) is 0 Å². The van der Waals surface area contributed by atoms with Crippen molar-refractivity contribution < 1.29 is 0 Å². The van der Waals surface area contributed by atoms with Gasteiger partial charge in [0.15, 0.2) is 0 Å². The molecule has 0 aromatic heterocycles. The van der Waals surface area contributed by atoms with Gasteiger partial charge in [0.05, 0.1) is 12.0 Å². The predicted octanol–water partition coefficient (Wildman–Crippen LogP) is 3.13. The summed E-state index contributed by atoms with van der Waals surface area (Å²) in [7, 11) is 0. The maximum atomic E-state index is 9.21. The van der Waals surface area contributed by atoms with E-state index in [4.69, 9.17) is 0 Å². The highest BCUT2D eigenvalue weighted by Gasteiger charge is 2.08. The molecule has 2 heteroatoms. The molecule has 1 N–H and O–H groups in total. The van der Waals surface area contributed by atoms with Crippen molar-refractivity contribution in [2.45, 2.75) is 12.3 Å². The Hall–Kier alpha value is -2.11. The SMILES string of the molecule is N#CC(CNCCc1ccccc1)c1ccccc1. The lowest BCUT2D eigenvalue weighted by Crippen LogP contribution is -2.23. The van der Waals surface area contributed by atoms with Crippen LogP contribution < -0.4 is 5.32 Å². The zero-order valence-corrected chi connectivity index (χ0v) is 10.9. The molecule has 96 valence electrons. The zero-order valence-electron chi connectivity index (χ0n) is 10.9. The lowest BCUT2D eigenvalue weighted by molar-refractivity contribution is 0.650. The van der Waals surface area contributed by atoms with Gasteiger partial charge in [0.2, 0.25) is 0 Å². The van der Waals surface area contributed by atoms with Gasteiger partial charge in [-0.05, 0) is 24.1 Å². The maximum absolute atomic E-state index is 9.21. The van der Waals surface area contributed by atoms with Crippen molar-refractivity contribution in [2.24, 2.45) is 0 Å².